The lowest BCUT2D eigenvalue weighted by molar-refractivity contribution is 0.591. The molecule has 14 rings (SSSR count). The van der Waals surface area contributed by atoms with Gasteiger partial charge >= 0.3 is 0 Å². The molecule has 0 amide bonds. The normalized spacial score (nSPS) is 13.2. The van der Waals surface area contributed by atoms with Gasteiger partial charge in [-0.2, -0.15) is 0 Å². The number of hydrogen-bond acceptors (Lipinski definition) is 0. The predicted molar refractivity (Wildman–Crippen MR) is 342 cm³/mol. The third kappa shape index (κ3) is 7.28. The van der Waals surface area contributed by atoms with E-state index < -0.39 is 0 Å². The molecule has 0 aliphatic rings. The lowest BCUT2D eigenvalue weighted by atomic mass is 9.85. The summed E-state index contributed by atoms with van der Waals surface area (Å²) in [7, 11) is 0. The average molecular weight is 1080 g/mol. The highest BCUT2D eigenvalue weighted by molar-refractivity contribution is 9.10. The molecule has 78 heavy (non-hydrogen) atoms. The number of halogens is 1. The number of para-hydroxylation sites is 2. The molecule has 3 nitrogen and oxygen atoms in total. The highest BCUT2D eigenvalue weighted by Crippen LogP contribution is 2.48. The van der Waals surface area contributed by atoms with E-state index in [1.54, 1.807) is 0 Å². The van der Waals surface area contributed by atoms with E-state index in [1.807, 2.05) is 0 Å². The maximum absolute atomic E-state index is 4.54. The van der Waals surface area contributed by atoms with Gasteiger partial charge in [0.1, 0.15) is 0 Å². The third-order valence-electron chi connectivity index (χ3n) is 17.3. The van der Waals surface area contributed by atoms with Gasteiger partial charge in [-0.25, -0.2) is 0 Å². The van der Waals surface area contributed by atoms with Crippen molar-refractivity contribution in [2.24, 2.45) is 0 Å². The Hall–Kier alpha value is -7.66. The highest BCUT2D eigenvalue weighted by atomic mass is 79.9. The maximum Gasteiger partial charge on any atom is 0.0658 e. The van der Waals surface area contributed by atoms with Crippen LogP contribution in [0.4, 0.5) is 0 Å². The van der Waals surface area contributed by atoms with Crippen LogP contribution in [0.5, 0.6) is 0 Å². The number of benzene rings is 11. The van der Waals surface area contributed by atoms with E-state index in [2.05, 4.69) is 295 Å². The first-order chi connectivity index (χ1) is 37.1. The first-order valence-electron chi connectivity index (χ1n) is 27.9. The molecule has 0 aliphatic carbocycles. The summed E-state index contributed by atoms with van der Waals surface area (Å²) in [4.78, 5) is 0. The molecule has 0 radical (unpaired) electrons. The summed E-state index contributed by atoms with van der Waals surface area (Å²) >= 11 is 4.54. The van der Waals surface area contributed by atoms with Crippen molar-refractivity contribution in [1.29, 1.82) is 0 Å². The van der Waals surface area contributed by atoms with Crippen molar-refractivity contribution in [2.45, 2.75) is 105 Å². The maximum atomic E-state index is 4.54. The van der Waals surface area contributed by atoms with Gasteiger partial charge in [0.15, 0.2) is 0 Å². The summed E-state index contributed by atoms with van der Waals surface area (Å²) in [5.41, 5.74) is 15.6. The van der Waals surface area contributed by atoms with Gasteiger partial charge in [-0.1, -0.05) is 217 Å². The van der Waals surface area contributed by atoms with Gasteiger partial charge in [0, 0.05) is 32.3 Å². The molecular weight excluding hydrogens is 1010 g/mol. The molecule has 0 aliphatic heterocycles. The van der Waals surface area contributed by atoms with Crippen molar-refractivity contribution >= 4 is 124 Å². The van der Waals surface area contributed by atoms with E-state index in [4.69, 9.17) is 0 Å². The highest BCUT2D eigenvalue weighted by Gasteiger charge is 2.28. The second-order valence-electron chi connectivity index (χ2n) is 26.4. The molecule has 0 fully saturated rings. The fourth-order valence-electron chi connectivity index (χ4n) is 12.9. The predicted octanol–water partition coefficient (Wildman–Crippen LogP) is 21.5. The Morgan fingerprint density at radius 2 is 0.551 bits per heavy atom. The summed E-state index contributed by atoms with van der Waals surface area (Å²) in [6.45, 7) is 27.7. The molecule has 0 spiro atoms. The fourth-order valence-corrected chi connectivity index (χ4v) is 13.5. The van der Waals surface area contributed by atoms with Crippen LogP contribution in [-0.4, -0.2) is 13.7 Å². The topological polar surface area (TPSA) is 14.8 Å². The standard InChI is InChI=1S/C74H66BrN3/c1-71(2,3)47-25-29-52-43(37-47)21-33-60-66(52)67-53-30-26-48(72(4,5)6)38-44(53)22-34-61(67)77(60)64-41-51(76-58-19-15-13-17-56(58)57-18-14-16-20-59(57)76)42-65(70(64)75)78-62-35-23-45-39-49(73(7,8)9)27-31-54(45)68(62)69-55-32-28-50(74(10,11)12)40-46(55)24-36-63(69)78/h13-42H,1-12H3. The Bertz CT molecular complexity index is 4360. The van der Waals surface area contributed by atoms with Crippen LogP contribution in [0.1, 0.15) is 105 Å². The fraction of sp³-hybridized carbons (Fsp3) is 0.216. The average Bonchev–Trinajstić information content (AvgIpc) is 4.26. The zero-order valence-electron chi connectivity index (χ0n) is 47.0. The van der Waals surface area contributed by atoms with Crippen LogP contribution in [0.25, 0.3) is 126 Å². The van der Waals surface area contributed by atoms with E-state index in [0.29, 0.717) is 0 Å². The first-order valence-corrected chi connectivity index (χ1v) is 28.6. The smallest absolute Gasteiger partial charge is 0.0658 e. The van der Waals surface area contributed by atoms with Gasteiger partial charge < -0.3 is 13.7 Å². The Labute approximate surface area is 465 Å². The molecule has 4 heteroatoms. The van der Waals surface area contributed by atoms with Crippen molar-refractivity contribution in [2.75, 3.05) is 0 Å². The lowest BCUT2D eigenvalue weighted by Gasteiger charge is -2.21. The van der Waals surface area contributed by atoms with Crippen molar-refractivity contribution in [3.05, 3.63) is 209 Å². The van der Waals surface area contributed by atoms with E-state index in [0.717, 1.165) is 21.5 Å². The number of nitrogens with zero attached hydrogens (tertiary/aromatic N) is 3. The first kappa shape index (κ1) is 48.7. The summed E-state index contributed by atoms with van der Waals surface area (Å²) in [5, 5.41) is 17.6. The van der Waals surface area contributed by atoms with E-state index in [9.17, 15) is 0 Å². The summed E-state index contributed by atoms with van der Waals surface area (Å²) < 4.78 is 8.63. The Morgan fingerprint density at radius 1 is 0.269 bits per heavy atom. The SMILES string of the molecule is CC(C)(C)c1ccc2c(ccc3c2c2c4ccc(C(C)(C)C)cc4ccc2n3-c2cc(-n3c4ccccc4c4ccccc43)cc(-n3c4ccc5cc(C(C)(C)C)ccc5c4c4c5ccc(C(C)(C)C)cc5ccc43)c2Br)c1. The molecule has 0 saturated carbocycles. The lowest BCUT2D eigenvalue weighted by Crippen LogP contribution is -2.10. The molecule has 0 atom stereocenters. The van der Waals surface area contributed by atoms with Gasteiger partial charge in [-0.05, 0) is 151 Å². The van der Waals surface area contributed by atoms with Crippen LogP contribution in [0.15, 0.2) is 186 Å². The molecule has 14 aromatic rings. The van der Waals surface area contributed by atoms with Crippen molar-refractivity contribution in [3.63, 3.8) is 0 Å². The minimum Gasteiger partial charge on any atom is -0.309 e. The van der Waals surface area contributed by atoms with Crippen LogP contribution in [0, 0.1) is 0 Å². The van der Waals surface area contributed by atoms with E-state index in [1.165, 1.54) is 131 Å². The van der Waals surface area contributed by atoms with Crippen LogP contribution in [0.2, 0.25) is 0 Å². The minimum absolute atomic E-state index is 0.0117. The van der Waals surface area contributed by atoms with Crippen LogP contribution < -0.4 is 0 Å². The van der Waals surface area contributed by atoms with E-state index in [-0.39, 0.29) is 21.7 Å². The van der Waals surface area contributed by atoms with Crippen molar-refractivity contribution < 1.29 is 0 Å². The van der Waals surface area contributed by atoms with Gasteiger partial charge in [-0.3, -0.25) is 0 Å². The largest absolute Gasteiger partial charge is 0.309 e. The van der Waals surface area contributed by atoms with Crippen molar-refractivity contribution in [1.82, 2.24) is 13.7 Å². The monoisotopic (exact) mass is 1080 g/mol. The summed E-state index contributed by atoms with van der Waals surface area (Å²) in [6.07, 6.45) is 0. The zero-order chi connectivity index (χ0) is 54.1. The number of hydrogen-bond donors (Lipinski definition) is 0. The number of aromatic nitrogens is 3. The molecule has 0 N–H and O–H groups in total. The van der Waals surface area contributed by atoms with Gasteiger partial charge in [0.25, 0.3) is 0 Å². The zero-order valence-corrected chi connectivity index (χ0v) is 48.6. The Balaban J connectivity index is 1.16. The van der Waals surface area contributed by atoms with Crippen molar-refractivity contribution in [3.8, 4) is 17.1 Å². The minimum atomic E-state index is 0.0117. The Morgan fingerprint density at radius 3 is 0.833 bits per heavy atom. The summed E-state index contributed by atoms with van der Waals surface area (Å²) in [5.74, 6) is 0. The molecule has 0 unspecified atom stereocenters. The van der Waals surface area contributed by atoms with Crippen LogP contribution >= 0.6 is 15.9 Å². The Kier molecular flexibility index (Phi) is 10.4. The van der Waals surface area contributed by atoms with Crippen LogP contribution in [-0.2, 0) is 21.7 Å². The van der Waals surface area contributed by atoms with E-state index >= 15 is 0 Å². The molecule has 11 aromatic carbocycles. The second-order valence-corrected chi connectivity index (χ2v) is 27.2. The quantitative estimate of drug-likeness (QED) is 0.167. The van der Waals surface area contributed by atoms with Gasteiger partial charge in [-0.15, -0.1) is 0 Å². The molecule has 0 saturated heterocycles. The summed E-state index contributed by atoms with van der Waals surface area (Å²) in [6, 6.07) is 70.3. The molecule has 3 aromatic heterocycles. The van der Waals surface area contributed by atoms with Crippen LogP contribution in [0.3, 0.4) is 0 Å². The number of rotatable bonds is 3. The molecular formula is C74H66BrN3. The molecule has 384 valence electrons. The molecule has 3 heterocycles. The van der Waals surface area contributed by atoms with Gasteiger partial charge in [0.2, 0.25) is 0 Å². The third-order valence-corrected chi connectivity index (χ3v) is 18.1. The van der Waals surface area contributed by atoms with Gasteiger partial charge in [0.05, 0.1) is 54.6 Å². The number of fused-ring (bicyclic) bond motifs is 17. The molecule has 0 bridgehead atoms. The second kappa shape index (κ2) is 16.7.